The molecule has 0 saturated heterocycles. The van der Waals surface area contributed by atoms with Crippen molar-refractivity contribution in [2.45, 2.75) is 38.2 Å². The van der Waals surface area contributed by atoms with Gasteiger partial charge in [-0.3, -0.25) is 0 Å². The van der Waals surface area contributed by atoms with Crippen LogP contribution in [0.3, 0.4) is 0 Å². The monoisotopic (exact) mass is 151 g/mol. The second-order valence-electron chi connectivity index (χ2n) is 3.26. The molecule has 0 aromatic heterocycles. The first-order chi connectivity index (χ1) is 5.36. The molecule has 0 unspecified atom stereocenters. The van der Waals surface area contributed by atoms with Gasteiger partial charge in [-0.2, -0.15) is 0 Å². The highest BCUT2D eigenvalue weighted by atomic mass is 16.5. The Morgan fingerprint density at radius 3 is 2.45 bits per heavy atom. The Morgan fingerprint density at radius 1 is 1.36 bits per heavy atom. The Morgan fingerprint density at radius 2 is 2.00 bits per heavy atom. The highest BCUT2D eigenvalue weighted by molar-refractivity contribution is 4.83. The third-order valence-electron chi connectivity index (χ3n) is 2.52. The number of hydrogen-bond donors (Lipinski definition) is 0. The zero-order chi connectivity index (χ0) is 8.10. The van der Waals surface area contributed by atoms with Gasteiger partial charge in [0, 0.05) is 13.5 Å². The van der Waals surface area contributed by atoms with Crippen LogP contribution in [0.4, 0.5) is 0 Å². The van der Waals surface area contributed by atoms with Crippen LogP contribution < -0.4 is 0 Å². The summed E-state index contributed by atoms with van der Waals surface area (Å²) in [4.78, 5) is 0. The van der Waals surface area contributed by atoms with Crippen LogP contribution in [0.1, 0.15) is 32.1 Å². The summed E-state index contributed by atoms with van der Waals surface area (Å²) >= 11 is 0. The van der Waals surface area contributed by atoms with Crippen molar-refractivity contribution < 1.29 is 4.74 Å². The normalized spacial score (nSPS) is 31.3. The van der Waals surface area contributed by atoms with Crippen molar-refractivity contribution in [3.63, 3.8) is 0 Å². The van der Waals surface area contributed by atoms with Crippen molar-refractivity contribution in [2.24, 2.45) is 5.92 Å². The zero-order valence-electron chi connectivity index (χ0n) is 7.10. The van der Waals surface area contributed by atoms with Gasteiger partial charge in [-0.15, -0.1) is 0 Å². The summed E-state index contributed by atoms with van der Waals surface area (Å²) in [6, 6.07) is 0. The molecule has 0 amide bonds. The molecule has 0 atom stereocenters. The molecule has 61 valence electrons. The smallest absolute Gasteiger partial charge is 0.0571 e. The predicted molar refractivity (Wildman–Crippen MR) is 44.5 cm³/mol. The van der Waals surface area contributed by atoms with Crippen LogP contribution in [-0.4, -0.2) is 13.2 Å². The summed E-state index contributed by atoms with van der Waals surface area (Å²) in [7, 11) is 1.79. The van der Waals surface area contributed by atoms with E-state index < -0.39 is 0 Å². The molecule has 1 nitrogen and oxygen atoms in total. The first kappa shape index (κ1) is 8.62. The van der Waals surface area contributed by atoms with E-state index in [-0.39, 0.29) is 0 Å². The molecule has 1 aliphatic carbocycles. The van der Waals surface area contributed by atoms with Gasteiger partial charge in [0.15, 0.2) is 0 Å². The zero-order valence-corrected chi connectivity index (χ0v) is 7.10. The van der Waals surface area contributed by atoms with Crippen LogP contribution in [-0.2, 0) is 4.74 Å². The minimum atomic E-state index is 0.483. The Balaban J connectivity index is 2.20. The molecule has 0 aromatic carbocycles. The fraction of sp³-hybridized carbons (Fsp3) is 0.800. The van der Waals surface area contributed by atoms with Gasteiger partial charge in [-0.25, -0.2) is 0 Å². The van der Waals surface area contributed by atoms with Crippen LogP contribution in [0.2, 0.25) is 0 Å². The van der Waals surface area contributed by atoms with E-state index in [1.807, 2.05) is 0 Å². The third kappa shape index (κ3) is 2.55. The van der Waals surface area contributed by atoms with Crippen LogP contribution in [0.5, 0.6) is 0 Å². The summed E-state index contributed by atoms with van der Waals surface area (Å²) in [5.41, 5.74) is 0. The van der Waals surface area contributed by atoms with Gasteiger partial charge in [0.05, 0.1) is 6.10 Å². The highest BCUT2D eigenvalue weighted by Gasteiger charge is 2.19. The van der Waals surface area contributed by atoms with Gasteiger partial charge in [-0.05, 0) is 38.0 Å². The van der Waals surface area contributed by atoms with E-state index in [4.69, 9.17) is 11.2 Å². The molecule has 11 heavy (non-hydrogen) atoms. The maximum Gasteiger partial charge on any atom is 0.0571 e. The molecule has 1 aliphatic rings. The first-order valence-electron chi connectivity index (χ1n) is 4.29. The molecule has 1 fully saturated rings. The van der Waals surface area contributed by atoms with Gasteiger partial charge >= 0.3 is 0 Å². The average molecular weight is 151 g/mol. The molecule has 1 radical (unpaired) electrons. The van der Waals surface area contributed by atoms with E-state index in [9.17, 15) is 0 Å². The molecule has 0 aromatic rings. The Bertz CT molecular complexity index is 137. The fourth-order valence-corrected chi connectivity index (χ4v) is 1.72. The fourth-order valence-electron chi connectivity index (χ4n) is 1.72. The first-order valence-corrected chi connectivity index (χ1v) is 4.29. The summed E-state index contributed by atoms with van der Waals surface area (Å²) in [6.45, 7) is 0. The number of ether oxygens (including phenoxy) is 1. The van der Waals surface area contributed by atoms with Crippen LogP contribution >= 0.6 is 0 Å². The number of rotatable bonds is 2. The van der Waals surface area contributed by atoms with Crippen LogP contribution in [0.15, 0.2) is 0 Å². The Kier molecular flexibility index (Phi) is 3.45. The lowest BCUT2D eigenvalue weighted by Crippen LogP contribution is -2.19. The largest absolute Gasteiger partial charge is 0.381 e. The molecular formula is C10H15O. The summed E-state index contributed by atoms with van der Waals surface area (Å²) in [6.07, 6.45) is 12.9. The maximum atomic E-state index is 6.85. The molecule has 0 bridgehead atoms. The van der Waals surface area contributed by atoms with Gasteiger partial charge in [0.25, 0.3) is 0 Å². The van der Waals surface area contributed by atoms with Crippen molar-refractivity contribution in [3.8, 4) is 5.92 Å². The summed E-state index contributed by atoms with van der Waals surface area (Å²) in [5.74, 6) is 3.19. The van der Waals surface area contributed by atoms with E-state index in [2.05, 4.69) is 5.92 Å². The molecular weight excluding hydrogens is 136 g/mol. The summed E-state index contributed by atoms with van der Waals surface area (Å²) < 4.78 is 5.25. The maximum absolute atomic E-state index is 6.85. The van der Waals surface area contributed by atoms with Gasteiger partial charge in [0.1, 0.15) is 0 Å². The molecule has 0 aliphatic heterocycles. The number of methoxy groups -OCH3 is 1. The van der Waals surface area contributed by atoms with Crippen molar-refractivity contribution >= 4 is 0 Å². The van der Waals surface area contributed by atoms with Gasteiger partial charge in [-0.1, -0.05) is 5.92 Å². The second-order valence-corrected chi connectivity index (χ2v) is 3.26. The van der Waals surface area contributed by atoms with E-state index in [0.29, 0.717) is 12.0 Å². The van der Waals surface area contributed by atoms with E-state index in [1.165, 1.54) is 25.7 Å². The topological polar surface area (TPSA) is 9.23 Å². The number of hydrogen-bond acceptors (Lipinski definition) is 1. The highest BCUT2D eigenvalue weighted by Crippen LogP contribution is 2.27. The van der Waals surface area contributed by atoms with Crippen LogP contribution in [0.25, 0.3) is 0 Å². The molecule has 1 heteroatoms. The van der Waals surface area contributed by atoms with E-state index in [0.717, 1.165) is 6.42 Å². The minimum absolute atomic E-state index is 0.483. The Hall–Kier alpha value is -0.480. The molecule has 1 rings (SSSR count). The molecule has 1 saturated carbocycles. The molecule has 0 N–H and O–H groups in total. The van der Waals surface area contributed by atoms with Gasteiger partial charge < -0.3 is 4.74 Å². The molecule has 0 heterocycles. The second kappa shape index (κ2) is 4.41. The average Bonchev–Trinajstić information content (AvgIpc) is 2.07. The van der Waals surface area contributed by atoms with E-state index >= 15 is 0 Å². The van der Waals surface area contributed by atoms with E-state index in [1.54, 1.807) is 7.11 Å². The lowest BCUT2D eigenvalue weighted by Gasteiger charge is -2.26. The SMILES string of the molecule is [C]#CCC1CCC(OC)CC1. The quantitative estimate of drug-likeness (QED) is 0.549. The van der Waals surface area contributed by atoms with Crippen molar-refractivity contribution in [3.05, 3.63) is 6.42 Å². The van der Waals surface area contributed by atoms with Crippen LogP contribution in [0, 0.1) is 18.3 Å². The Labute approximate surface area is 69.1 Å². The van der Waals surface area contributed by atoms with Gasteiger partial charge in [0.2, 0.25) is 0 Å². The predicted octanol–water partition coefficient (Wildman–Crippen LogP) is 2.17. The van der Waals surface area contributed by atoms with Crippen molar-refractivity contribution in [1.29, 1.82) is 0 Å². The summed E-state index contributed by atoms with van der Waals surface area (Å²) in [5, 5.41) is 0. The molecule has 0 spiro atoms. The lowest BCUT2D eigenvalue weighted by atomic mass is 9.85. The van der Waals surface area contributed by atoms with Crippen molar-refractivity contribution in [2.75, 3.05) is 7.11 Å². The third-order valence-corrected chi connectivity index (χ3v) is 2.52. The van der Waals surface area contributed by atoms with Crippen molar-refractivity contribution in [1.82, 2.24) is 0 Å². The standard InChI is InChI=1S/C10H15O/c1-3-4-9-5-7-10(11-2)8-6-9/h9-10H,4-8H2,2H3. The minimum Gasteiger partial charge on any atom is -0.381 e. The lowest BCUT2D eigenvalue weighted by molar-refractivity contribution is 0.0575.